The van der Waals surface area contributed by atoms with Crippen molar-refractivity contribution in [2.24, 2.45) is 4.99 Å². The maximum atomic E-state index is 5.60. The highest BCUT2D eigenvalue weighted by atomic mass is 127. The normalized spacial score (nSPS) is 17.2. The molecule has 3 rings (SSSR count). The quantitative estimate of drug-likeness (QED) is 0.411. The van der Waals surface area contributed by atoms with Crippen molar-refractivity contribution in [2.45, 2.75) is 32.4 Å². The number of halogens is 1. The molecule has 1 unspecified atom stereocenters. The number of ether oxygens (including phenoxy) is 1. The predicted octanol–water partition coefficient (Wildman–Crippen LogP) is 3.11. The Morgan fingerprint density at radius 2 is 2.08 bits per heavy atom. The number of aryl methyl sites for hydroxylation is 1. The average Bonchev–Trinajstić information content (AvgIpc) is 3.27. The van der Waals surface area contributed by atoms with Gasteiger partial charge in [0, 0.05) is 25.8 Å². The van der Waals surface area contributed by atoms with Crippen LogP contribution in [-0.2, 0) is 11.3 Å². The Kier molecular flexibility index (Phi) is 7.70. The first-order chi connectivity index (χ1) is 11.7. The van der Waals surface area contributed by atoms with Gasteiger partial charge in [-0.2, -0.15) is 0 Å². The zero-order chi connectivity index (χ0) is 16.8. The van der Waals surface area contributed by atoms with Gasteiger partial charge in [-0.1, -0.05) is 17.7 Å². The monoisotopic (exact) mass is 456 g/mol. The molecule has 1 saturated heterocycles. The zero-order valence-corrected chi connectivity index (χ0v) is 16.9. The molecule has 0 saturated carbocycles. The molecular formula is C18H25IN4O2. The molecule has 0 amide bonds. The van der Waals surface area contributed by atoms with Crippen LogP contribution in [0.5, 0.6) is 0 Å². The molecule has 0 aliphatic carbocycles. The van der Waals surface area contributed by atoms with Crippen LogP contribution in [-0.4, -0.2) is 37.2 Å². The summed E-state index contributed by atoms with van der Waals surface area (Å²) < 4.78 is 11.2. The molecule has 0 spiro atoms. The SMILES string of the molecule is CN=C(NCc1coc(-c2ccc(C)cc2)n1)NCC1CCCO1.I. The number of oxazole rings is 1. The Balaban J connectivity index is 0.00000225. The van der Waals surface area contributed by atoms with Gasteiger partial charge in [0.05, 0.1) is 18.3 Å². The highest BCUT2D eigenvalue weighted by Gasteiger charge is 2.15. The van der Waals surface area contributed by atoms with E-state index in [-0.39, 0.29) is 30.1 Å². The van der Waals surface area contributed by atoms with E-state index in [2.05, 4.69) is 27.5 Å². The second-order valence-corrected chi connectivity index (χ2v) is 5.95. The fourth-order valence-corrected chi connectivity index (χ4v) is 2.63. The van der Waals surface area contributed by atoms with Gasteiger partial charge in [0.2, 0.25) is 5.89 Å². The van der Waals surface area contributed by atoms with Gasteiger partial charge in [0.15, 0.2) is 5.96 Å². The lowest BCUT2D eigenvalue weighted by atomic mass is 10.1. The summed E-state index contributed by atoms with van der Waals surface area (Å²) in [6.07, 6.45) is 4.20. The summed E-state index contributed by atoms with van der Waals surface area (Å²) in [6.45, 7) is 4.25. The predicted molar refractivity (Wildman–Crippen MR) is 109 cm³/mol. The minimum atomic E-state index is 0. The van der Waals surface area contributed by atoms with E-state index in [0.29, 0.717) is 12.4 Å². The molecule has 2 heterocycles. The molecule has 1 aromatic carbocycles. The van der Waals surface area contributed by atoms with Crippen molar-refractivity contribution < 1.29 is 9.15 Å². The number of guanidine groups is 1. The van der Waals surface area contributed by atoms with E-state index in [9.17, 15) is 0 Å². The summed E-state index contributed by atoms with van der Waals surface area (Å²) in [5.74, 6) is 1.37. The van der Waals surface area contributed by atoms with Crippen LogP contribution in [0.2, 0.25) is 0 Å². The van der Waals surface area contributed by atoms with Gasteiger partial charge >= 0.3 is 0 Å². The Bertz CT molecular complexity index is 679. The van der Waals surface area contributed by atoms with Crippen LogP contribution in [0.1, 0.15) is 24.1 Å². The lowest BCUT2D eigenvalue weighted by Crippen LogP contribution is -2.40. The van der Waals surface area contributed by atoms with Crippen LogP contribution in [0.4, 0.5) is 0 Å². The first-order valence-corrected chi connectivity index (χ1v) is 8.32. The minimum Gasteiger partial charge on any atom is -0.444 e. The molecule has 1 aliphatic heterocycles. The molecule has 1 aromatic heterocycles. The van der Waals surface area contributed by atoms with Gasteiger partial charge in [-0.05, 0) is 31.9 Å². The first-order valence-electron chi connectivity index (χ1n) is 8.32. The number of aliphatic imine (C=N–C) groups is 1. The highest BCUT2D eigenvalue weighted by molar-refractivity contribution is 14.0. The summed E-state index contributed by atoms with van der Waals surface area (Å²) in [4.78, 5) is 8.74. The third-order valence-corrected chi connectivity index (χ3v) is 4.03. The molecule has 0 radical (unpaired) electrons. The van der Waals surface area contributed by atoms with Crippen molar-refractivity contribution in [2.75, 3.05) is 20.2 Å². The number of hydrogen-bond acceptors (Lipinski definition) is 4. The summed E-state index contributed by atoms with van der Waals surface area (Å²) in [7, 11) is 1.76. The van der Waals surface area contributed by atoms with Gasteiger partial charge < -0.3 is 19.8 Å². The number of aromatic nitrogens is 1. The topological polar surface area (TPSA) is 71.7 Å². The lowest BCUT2D eigenvalue weighted by molar-refractivity contribution is 0.114. The number of nitrogens with zero attached hydrogens (tertiary/aromatic N) is 2. The third-order valence-electron chi connectivity index (χ3n) is 4.03. The molecule has 1 aliphatic rings. The van der Waals surface area contributed by atoms with Crippen LogP contribution < -0.4 is 10.6 Å². The smallest absolute Gasteiger partial charge is 0.226 e. The molecular weight excluding hydrogens is 431 g/mol. The number of benzene rings is 1. The van der Waals surface area contributed by atoms with E-state index in [1.54, 1.807) is 13.3 Å². The van der Waals surface area contributed by atoms with E-state index in [1.165, 1.54) is 5.56 Å². The molecule has 6 nitrogen and oxygen atoms in total. The number of nitrogens with one attached hydrogen (secondary N) is 2. The molecule has 2 N–H and O–H groups in total. The molecule has 1 atom stereocenters. The van der Waals surface area contributed by atoms with Gasteiger partial charge in [0.25, 0.3) is 0 Å². The Labute approximate surface area is 165 Å². The van der Waals surface area contributed by atoms with E-state index in [0.717, 1.165) is 43.2 Å². The Hall–Kier alpha value is -1.61. The first kappa shape index (κ1) is 19.7. The highest BCUT2D eigenvalue weighted by Crippen LogP contribution is 2.19. The van der Waals surface area contributed by atoms with Gasteiger partial charge in [-0.3, -0.25) is 4.99 Å². The van der Waals surface area contributed by atoms with E-state index < -0.39 is 0 Å². The third kappa shape index (κ3) is 5.71. The number of rotatable bonds is 5. The maximum Gasteiger partial charge on any atom is 0.226 e. The minimum absolute atomic E-state index is 0. The van der Waals surface area contributed by atoms with Gasteiger partial charge in [-0.25, -0.2) is 4.98 Å². The van der Waals surface area contributed by atoms with Crippen LogP contribution >= 0.6 is 24.0 Å². The summed E-state index contributed by atoms with van der Waals surface area (Å²) in [6, 6.07) is 8.13. The van der Waals surface area contributed by atoms with Crippen LogP contribution in [0.25, 0.3) is 11.5 Å². The van der Waals surface area contributed by atoms with E-state index >= 15 is 0 Å². The van der Waals surface area contributed by atoms with E-state index in [1.807, 2.05) is 24.3 Å². The largest absolute Gasteiger partial charge is 0.444 e. The molecule has 0 bridgehead atoms. The summed E-state index contributed by atoms with van der Waals surface area (Å²) in [5.41, 5.74) is 3.03. The maximum absolute atomic E-state index is 5.60. The standard InChI is InChI=1S/C18H24N4O2.HI/c1-13-5-7-14(8-6-13)17-22-15(12-24-17)10-20-18(19-2)21-11-16-4-3-9-23-16;/h5-8,12,16H,3-4,9-11H2,1-2H3,(H2,19,20,21);1H. The molecule has 1 fully saturated rings. The van der Waals surface area contributed by atoms with Gasteiger partial charge in [-0.15, -0.1) is 24.0 Å². The van der Waals surface area contributed by atoms with Crippen LogP contribution in [0.15, 0.2) is 39.9 Å². The molecule has 25 heavy (non-hydrogen) atoms. The number of hydrogen-bond donors (Lipinski definition) is 2. The molecule has 2 aromatic rings. The molecule has 136 valence electrons. The Morgan fingerprint density at radius 1 is 1.28 bits per heavy atom. The van der Waals surface area contributed by atoms with E-state index in [4.69, 9.17) is 9.15 Å². The Morgan fingerprint density at radius 3 is 2.76 bits per heavy atom. The van der Waals surface area contributed by atoms with Crippen molar-refractivity contribution in [3.63, 3.8) is 0 Å². The van der Waals surface area contributed by atoms with Crippen molar-refractivity contribution in [1.29, 1.82) is 0 Å². The molecule has 7 heteroatoms. The second-order valence-electron chi connectivity index (χ2n) is 5.95. The second kappa shape index (κ2) is 9.76. The zero-order valence-electron chi connectivity index (χ0n) is 14.6. The van der Waals surface area contributed by atoms with Crippen molar-refractivity contribution in [3.8, 4) is 11.5 Å². The van der Waals surface area contributed by atoms with Crippen molar-refractivity contribution >= 4 is 29.9 Å². The lowest BCUT2D eigenvalue weighted by Gasteiger charge is -2.14. The fourth-order valence-electron chi connectivity index (χ4n) is 2.63. The van der Waals surface area contributed by atoms with Crippen LogP contribution in [0.3, 0.4) is 0 Å². The average molecular weight is 456 g/mol. The van der Waals surface area contributed by atoms with Gasteiger partial charge in [0.1, 0.15) is 6.26 Å². The summed E-state index contributed by atoms with van der Waals surface area (Å²) in [5, 5.41) is 6.53. The van der Waals surface area contributed by atoms with Crippen molar-refractivity contribution in [3.05, 3.63) is 41.8 Å². The summed E-state index contributed by atoms with van der Waals surface area (Å²) >= 11 is 0. The fraction of sp³-hybridized carbons (Fsp3) is 0.444. The van der Waals surface area contributed by atoms with Crippen LogP contribution in [0, 0.1) is 6.92 Å². The van der Waals surface area contributed by atoms with Crippen molar-refractivity contribution in [1.82, 2.24) is 15.6 Å².